The minimum absolute atomic E-state index is 0.0306. The summed E-state index contributed by atoms with van der Waals surface area (Å²) in [7, 11) is 0. The van der Waals surface area contributed by atoms with Crippen molar-refractivity contribution in [2.24, 2.45) is 0 Å². The highest BCUT2D eigenvalue weighted by molar-refractivity contribution is 5.95. The van der Waals surface area contributed by atoms with E-state index in [2.05, 4.69) is 5.32 Å². The van der Waals surface area contributed by atoms with Crippen molar-refractivity contribution in [1.82, 2.24) is 4.90 Å². The third-order valence-electron chi connectivity index (χ3n) is 2.98. The van der Waals surface area contributed by atoms with Gasteiger partial charge in [0.25, 0.3) is 0 Å². The molecule has 0 aromatic heterocycles. The van der Waals surface area contributed by atoms with E-state index in [1.54, 1.807) is 25.1 Å². The molecule has 0 spiro atoms. The van der Waals surface area contributed by atoms with Crippen molar-refractivity contribution in [3.8, 4) is 12.1 Å². The van der Waals surface area contributed by atoms with Gasteiger partial charge in [-0.1, -0.05) is 0 Å². The second kappa shape index (κ2) is 7.13. The molecule has 1 atom stereocenters. The molecule has 1 rings (SSSR count). The number of nitrogens with one attached hydrogen (secondary N) is 1. The quantitative estimate of drug-likeness (QED) is 0.619. The standard InChI is InChI=1S/C14H17N5O/c1-10-9-12(17)3-4-13(10)18-14(20)11(2)19(7-5-15)8-6-16/h3-4,9,11H,7-8,17H2,1-2H3,(H,18,20). The molecule has 1 unspecified atom stereocenters. The van der Waals surface area contributed by atoms with Crippen molar-refractivity contribution in [2.45, 2.75) is 19.9 Å². The molecule has 0 aliphatic heterocycles. The number of hydrogen-bond acceptors (Lipinski definition) is 5. The van der Waals surface area contributed by atoms with Crippen LogP contribution in [0.25, 0.3) is 0 Å². The Kier molecular flexibility index (Phi) is 5.52. The van der Waals surface area contributed by atoms with E-state index in [-0.39, 0.29) is 19.0 Å². The van der Waals surface area contributed by atoms with Crippen LogP contribution in [0, 0.1) is 29.6 Å². The molecular weight excluding hydrogens is 254 g/mol. The fourth-order valence-corrected chi connectivity index (χ4v) is 1.74. The van der Waals surface area contributed by atoms with Gasteiger partial charge in [0.1, 0.15) is 0 Å². The number of nitrogens with zero attached hydrogens (tertiary/aromatic N) is 3. The summed E-state index contributed by atoms with van der Waals surface area (Å²) in [6, 6.07) is 8.54. The van der Waals surface area contributed by atoms with Gasteiger partial charge < -0.3 is 11.1 Å². The largest absolute Gasteiger partial charge is 0.399 e. The Morgan fingerprint density at radius 3 is 2.50 bits per heavy atom. The monoisotopic (exact) mass is 271 g/mol. The van der Waals surface area contributed by atoms with Gasteiger partial charge in [0.05, 0.1) is 31.3 Å². The van der Waals surface area contributed by atoms with Gasteiger partial charge in [0.2, 0.25) is 5.91 Å². The normalized spacial score (nSPS) is 11.4. The lowest BCUT2D eigenvalue weighted by Crippen LogP contribution is -2.42. The van der Waals surface area contributed by atoms with Gasteiger partial charge >= 0.3 is 0 Å². The molecule has 6 nitrogen and oxygen atoms in total. The predicted molar refractivity (Wildman–Crippen MR) is 76.5 cm³/mol. The minimum Gasteiger partial charge on any atom is -0.399 e. The number of nitrogen functional groups attached to an aromatic ring is 1. The Bertz CT molecular complexity index is 554. The van der Waals surface area contributed by atoms with Gasteiger partial charge in [-0.3, -0.25) is 9.69 Å². The third-order valence-corrected chi connectivity index (χ3v) is 2.98. The number of aryl methyl sites for hydroxylation is 1. The molecule has 0 bridgehead atoms. The van der Waals surface area contributed by atoms with Crippen LogP contribution in [-0.2, 0) is 4.79 Å². The van der Waals surface area contributed by atoms with Gasteiger partial charge in [-0.2, -0.15) is 10.5 Å². The number of hydrogen-bond donors (Lipinski definition) is 2. The SMILES string of the molecule is Cc1cc(N)ccc1NC(=O)C(C)N(CC#N)CC#N. The Morgan fingerprint density at radius 2 is 2.00 bits per heavy atom. The zero-order chi connectivity index (χ0) is 15.1. The van der Waals surface area contributed by atoms with E-state index in [1.165, 1.54) is 4.90 Å². The second-order valence-electron chi connectivity index (χ2n) is 4.46. The number of carbonyl (C=O) groups excluding carboxylic acids is 1. The highest BCUT2D eigenvalue weighted by Gasteiger charge is 2.21. The zero-order valence-electron chi connectivity index (χ0n) is 11.6. The van der Waals surface area contributed by atoms with Gasteiger partial charge in [-0.05, 0) is 37.6 Å². The van der Waals surface area contributed by atoms with Crippen molar-refractivity contribution in [2.75, 3.05) is 24.1 Å². The molecule has 0 aliphatic carbocycles. The number of rotatable bonds is 5. The number of benzene rings is 1. The highest BCUT2D eigenvalue weighted by Crippen LogP contribution is 2.18. The number of nitrogens with two attached hydrogens (primary N) is 1. The third kappa shape index (κ3) is 3.98. The van der Waals surface area contributed by atoms with Crippen LogP contribution in [0.1, 0.15) is 12.5 Å². The van der Waals surface area contributed by atoms with Gasteiger partial charge in [0.15, 0.2) is 0 Å². The lowest BCUT2D eigenvalue weighted by molar-refractivity contribution is -0.120. The molecule has 1 aromatic rings. The molecule has 1 aromatic carbocycles. The van der Waals surface area contributed by atoms with E-state index >= 15 is 0 Å². The summed E-state index contributed by atoms with van der Waals surface area (Å²) in [5.74, 6) is -0.261. The first kappa shape index (κ1) is 15.5. The summed E-state index contributed by atoms with van der Waals surface area (Å²) in [5.41, 5.74) is 7.81. The van der Waals surface area contributed by atoms with Crippen LogP contribution < -0.4 is 11.1 Å². The van der Waals surface area contributed by atoms with E-state index in [4.69, 9.17) is 16.3 Å². The molecule has 0 fully saturated rings. The van der Waals surface area contributed by atoms with Crippen molar-refractivity contribution < 1.29 is 4.79 Å². The molecule has 104 valence electrons. The summed E-state index contributed by atoms with van der Waals surface area (Å²) in [5, 5.41) is 20.2. The van der Waals surface area contributed by atoms with Crippen molar-refractivity contribution >= 4 is 17.3 Å². The van der Waals surface area contributed by atoms with E-state index in [0.717, 1.165) is 5.56 Å². The maximum Gasteiger partial charge on any atom is 0.241 e. The summed E-state index contributed by atoms with van der Waals surface area (Å²) < 4.78 is 0. The second-order valence-corrected chi connectivity index (χ2v) is 4.46. The fourth-order valence-electron chi connectivity index (χ4n) is 1.74. The first-order chi connectivity index (χ1) is 9.49. The van der Waals surface area contributed by atoms with E-state index in [1.807, 2.05) is 19.1 Å². The summed E-state index contributed by atoms with van der Waals surface area (Å²) in [6.45, 7) is 3.57. The first-order valence-corrected chi connectivity index (χ1v) is 6.14. The average Bonchev–Trinajstić information content (AvgIpc) is 2.40. The summed E-state index contributed by atoms with van der Waals surface area (Å²) in [4.78, 5) is 13.6. The van der Waals surface area contributed by atoms with Crippen molar-refractivity contribution in [3.63, 3.8) is 0 Å². The van der Waals surface area contributed by atoms with Crippen LogP contribution >= 0.6 is 0 Å². The van der Waals surface area contributed by atoms with Crippen LogP contribution in [0.4, 0.5) is 11.4 Å². The van der Waals surface area contributed by atoms with Crippen LogP contribution in [-0.4, -0.2) is 29.9 Å². The molecule has 0 heterocycles. The Hall–Kier alpha value is -2.57. The number of anilines is 2. The molecule has 0 saturated carbocycles. The Balaban J connectivity index is 2.79. The maximum absolute atomic E-state index is 12.1. The summed E-state index contributed by atoms with van der Waals surface area (Å²) in [6.07, 6.45) is 0. The Morgan fingerprint density at radius 1 is 1.40 bits per heavy atom. The molecular formula is C14H17N5O. The number of carbonyl (C=O) groups is 1. The Labute approximate surface area is 118 Å². The molecule has 20 heavy (non-hydrogen) atoms. The minimum atomic E-state index is -0.564. The average molecular weight is 271 g/mol. The van der Waals surface area contributed by atoms with Gasteiger partial charge in [0, 0.05) is 11.4 Å². The molecule has 0 aliphatic rings. The molecule has 0 saturated heterocycles. The fraction of sp³-hybridized carbons (Fsp3) is 0.357. The van der Waals surface area contributed by atoms with Crippen molar-refractivity contribution in [3.05, 3.63) is 23.8 Å². The number of nitriles is 2. The molecule has 0 radical (unpaired) electrons. The summed E-state index contributed by atoms with van der Waals surface area (Å²) >= 11 is 0. The van der Waals surface area contributed by atoms with Crippen LogP contribution in [0.15, 0.2) is 18.2 Å². The first-order valence-electron chi connectivity index (χ1n) is 6.14. The number of amides is 1. The van der Waals surface area contributed by atoms with E-state index in [0.29, 0.717) is 11.4 Å². The molecule has 6 heteroatoms. The zero-order valence-corrected chi connectivity index (χ0v) is 11.6. The molecule has 3 N–H and O–H groups in total. The predicted octanol–water partition coefficient (Wildman–Crippen LogP) is 1.25. The topological polar surface area (TPSA) is 106 Å². The lowest BCUT2D eigenvalue weighted by atomic mass is 10.1. The van der Waals surface area contributed by atoms with Crippen LogP contribution in [0.3, 0.4) is 0 Å². The maximum atomic E-state index is 12.1. The molecule has 1 amide bonds. The highest BCUT2D eigenvalue weighted by atomic mass is 16.2. The van der Waals surface area contributed by atoms with E-state index < -0.39 is 6.04 Å². The van der Waals surface area contributed by atoms with Crippen LogP contribution in [0.5, 0.6) is 0 Å². The van der Waals surface area contributed by atoms with E-state index in [9.17, 15) is 4.79 Å². The lowest BCUT2D eigenvalue weighted by Gasteiger charge is -2.23. The smallest absolute Gasteiger partial charge is 0.241 e. The van der Waals surface area contributed by atoms with Gasteiger partial charge in [-0.25, -0.2) is 0 Å². The van der Waals surface area contributed by atoms with Gasteiger partial charge in [-0.15, -0.1) is 0 Å². The van der Waals surface area contributed by atoms with Crippen molar-refractivity contribution in [1.29, 1.82) is 10.5 Å². The van der Waals surface area contributed by atoms with Crippen LogP contribution in [0.2, 0.25) is 0 Å².